The highest BCUT2D eigenvalue weighted by Crippen LogP contribution is 2.40. The first kappa shape index (κ1) is 29.2. The normalized spacial score (nSPS) is 15.5. The minimum Gasteiger partial charge on any atom is -0.495 e. The van der Waals surface area contributed by atoms with E-state index in [1.165, 1.54) is 13.2 Å². The number of carbonyl (C=O) groups is 1. The minimum atomic E-state index is -4.58. The summed E-state index contributed by atoms with van der Waals surface area (Å²) in [4.78, 5) is 26.5. The SMILES string of the molecule is COc1c(C(=O)Nc2cc(C(F)(F)F)ccc2N(C)C2CCN(C)C2)cc(-c2ccc3nc(N)ncc3c2)c2ccccc12. The van der Waals surface area contributed by atoms with Gasteiger partial charge in [0.1, 0.15) is 5.75 Å². The number of hydrogen-bond acceptors (Lipinski definition) is 7. The van der Waals surface area contributed by atoms with Gasteiger partial charge in [-0.3, -0.25) is 4.79 Å². The number of hydrogen-bond donors (Lipinski definition) is 2. The van der Waals surface area contributed by atoms with Gasteiger partial charge in [-0.25, -0.2) is 9.97 Å². The molecule has 1 atom stereocenters. The van der Waals surface area contributed by atoms with Crippen molar-refractivity contribution in [3.63, 3.8) is 0 Å². The molecule has 0 radical (unpaired) electrons. The van der Waals surface area contributed by atoms with E-state index in [9.17, 15) is 18.0 Å². The molecule has 1 unspecified atom stereocenters. The summed E-state index contributed by atoms with van der Waals surface area (Å²) in [6.45, 7) is 1.64. The second kappa shape index (κ2) is 11.3. The molecule has 0 spiro atoms. The zero-order valence-electron chi connectivity index (χ0n) is 24.4. The van der Waals surface area contributed by atoms with Crippen LogP contribution in [0.2, 0.25) is 0 Å². The Kier molecular flexibility index (Phi) is 7.50. The summed E-state index contributed by atoms with van der Waals surface area (Å²) in [6, 6.07) is 18.4. The first-order valence-electron chi connectivity index (χ1n) is 14.1. The van der Waals surface area contributed by atoms with Crippen LogP contribution in [0.1, 0.15) is 22.3 Å². The van der Waals surface area contributed by atoms with Crippen LogP contribution in [0, 0.1) is 0 Å². The maximum atomic E-state index is 14.0. The van der Waals surface area contributed by atoms with Crippen molar-refractivity contribution in [2.24, 2.45) is 0 Å². The Labute approximate surface area is 252 Å². The van der Waals surface area contributed by atoms with Crippen LogP contribution < -0.4 is 20.7 Å². The molecule has 1 saturated heterocycles. The van der Waals surface area contributed by atoms with E-state index < -0.39 is 17.6 Å². The van der Waals surface area contributed by atoms with Crippen molar-refractivity contribution in [3.05, 3.63) is 84.1 Å². The molecule has 5 aromatic rings. The summed E-state index contributed by atoms with van der Waals surface area (Å²) in [5.41, 5.74) is 7.86. The van der Waals surface area contributed by atoms with Gasteiger partial charge in [-0.15, -0.1) is 0 Å². The van der Waals surface area contributed by atoms with Crippen molar-refractivity contribution >= 4 is 44.9 Å². The monoisotopic (exact) mass is 600 g/mol. The van der Waals surface area contributed by atoms with Gasteiger partial charge in [0.05, 0.1) is 35.1 Å². The smallest absolute Gasteiger partial charge is 0.416 e. The molecule has 3 N–H and O–H groups in total. The van der Waals surface area contributed by atoms with Crippen molar-refractivity contribution in [2.45, 2.75) is 18.6 Å². The van der Waals surface area contributed by atoms with Crippen molar-refractivity contribution < 1.29 is 22.7 Å². The Morgan fingerprint density at radius 3 is 2.57 bits per heavy atom. The highest BCUT2D eigenvalue weighted by atomic mass is 19.4. The molecular formula is C33H31F3N6O2. The lowest BCUT2D eigenvalue weighted by atomic mass is 9.93. The fraction of sp³-hybridized carbons (Fsp3) is 0.242. The van der Waals surface area contributed by atoms with Gasteiger partial charge >= 0.3 is 6.18 Å². The molecule has 8 nitrogen and oxygen atoms in total. The van der Waals surface area contributed by atoms with Crippen molar-refractivity contribution in [1.82, 2.24) is 14.9 Å². The van der Waals surface area contributed by atoms with Gasteiger partial charge in [-0.05, 0) is 72.9 Å². The largest absolute Gasteiger partial charge is 0.495 e. The average molecular weight is 601 g/mol. The van der Waals surface area contributed by atoms with Gasteiger partial charge in [0, 0.05) is 36.6 Å². The predicted molar refractivity (Wildman–Crippen MR) is 167 cm³/mol. The number of carbonyl (C=O) groups excluding carboxylic acids is 1. The van der Waals surface area contributed by atoms with Gasteiger partial charge in [0.2, 0.25) is 5.95 Å². The van der Waals surface area contributed by atoms with Crippen LogP contribution in [-0.2, 0) is 6.18 Å². The van der Waals surface area contributed by atoms with E-state index in [1.54, 1.807) is 12.3 Å². The molecular weight excluding hydrogens is 569 g/mol. The highest BCUT2D eigenvalue weighted by molar-refractivity contribution is 6.14. The number of ether oxygens (including phenoxy) is 1. The summed E-state index contributed by atoms with van der Waals surface area (Å²) in [5, 5.41) is 5.08. The molecule has 0 bridgehead atoms. The van der Waals surface area contributed by atoms with Gasteiger partial charge in [-0.2, -0.15) is 13.2 Å². The van der Waals surface area contributed by atoms with E-state index in [2.05, 4.69) is 20.2 Å². The van der Waals surface area contributed by atoms with Crippen molar-refractivity contribution in [2.75, 3.05) is 50.2 Å². The quantitative estimate of drug-likeness (QED) is 0.231. The Morgan fingerprint density at radius 2 is 1.86 bits per heavy atom. The molecule has 0 aliphatic carbocycles. The first-order chi connectivity index (χ1) is 21.0. The second-order valence-corrected chi connectivity index (χ2v) is 11.1. The third-order valence-electron chi connectivity index (χ3n) is 8.22. The number of anilines is 3. The minimum absolute atomic E-state index is 0.0686. The fourth-order valence-corrected chi connectivity index (χ4v) is 5.93. The molecule has 2 heterocycles. The second-order valence-electron chi connectivity index (χ2n) is 11.1. The Morgan fingerprint density at radius 1 is 1.09 bits per heavy atom. The number of aromatic nitrogens is 2. The zero-order valence-corrected chi connectivity index (χ0v) is 24.4. The molecule has 1 aromatic heterocycles. The number of rotatable bonds is 6. The van der Waals surface area contributed by atoms with Gasteiger partial charge < -0.3 is 25.6 Å². The van der Waals surface area contributed by atoms with E-state index in [0.717, 1.165) is 53.5 Å². The predicted octanol–water partition coefficient (Wildman–Crippen LogP) is 6.45. The number of benzene rings is 4. The van der Waals surface area contributed by atoms with E-state index in [1.807, 2.05) is 61.5 Å². The van der Waals surface area contributed by atoms with Crippen LogP contribution in [-0.4, -0.2) is 61.1 Å². The average Bonchev–Trinajstić information content (AvgIpc) is 3.45. The maximum Gasteiger partial charge on any atom is 0.416 e. The van der Waals surface area contributed by atoms with Crippen LogP contribution in [0.4, 0.5) is 30.5 Å². The lowest BCUT2D eigenvalue weighted by Gasteiger charge is -2.29. The molecule has 226 valence electrons. The van der Waals surface area contributed by atoms with Crippen LogP contribution >= 0.6 is 0 Å². The number of fused-ring (bicyclic) bond motifs is 2. The van der Waals surface area contributed by atoms with Crippen LogP contribution in [0.3, 0.4) is 0 Å². The van der Waals surface area contributed by atoms with Crippen LogP contribution in [0.25, 0.3) is 32.8 Å². The van der Waals surface area contributed by atoms with Crippen molar-refractivity contribution in [1.29, 1.82) is 0 Å². The molecule has 1 amide bonds. The third kappa shape index (κ3) is 5.46. The number of halogens is 3. The molecule has 11 heteroatoms. The topological polar surface area (TPSA) is 96.6 Å². The van der Waals surface area contributed by atoms with Gasteiger partial charge in [0.15, 0.2) is 0 Å². The van der Waals surface area contributed by atoms with E-state index >= 15 is 0 Å². The number of alkyl halides is 3. The van der Waals surface area contributed by atoms with Crippen LogP contribution in [0.5, 0.6) is 5.75 Å². The maximum absolute atomic E-state index is 14.0. The van der Waals surface area contributed by atoms with Gasteiger partial charge in [0.25, 0.3) is 5.91 Å². The fourth-order valence-electron chi connectivity index (χ4n) is 5.93. The number of nitrogens with one attached hydrogen (secondary N) is 1. The number of nitrogen functional groups attached to an aromatic ring is 1. The number of likely N-dealkylation sites (N-methyl/N-ethyl adjacent to an activating group) is 2. The summed E-state index contributed by atoms with van der Waals surface area (Å²) >= 11 is 0. The third-order valence-corrected chi connectivity index (χ3v) is 8.22. The molecule has 1 fully saturated rings. The summed E-state index contributed by atoms with van der Waals surface area (Å²) in [7, 11) is 5.31. The number of likely N-dealkylation sites (tertiary alicyclic amines) is 1. The molecule has 4 aromatic carbocycles. The van der Waals surface area contributed by atoms with E-state index in [0.29, 0.717) is 22.3 Å². The lowest BCUT2D eigenvalue weighted by Crippen LogP contribution is -2.34. The molecule has 1 aliphatic rings. The summed E-state index contributed by atoms with van der Waals surface area (Å²) < 4.78 is 47.2. The number of nitrogens with zero attached hydrogens (tertiary/aromatic N) is 4. The van der Waals surface area contributed by atoms with Gasteiger partial charge in [-0.1, -0.05) is 30.3 Å². The summed E-state index contributed by atoms with van der Waals surface area (Å²) in [6.07, 6.45) is -2.09. The first-order valence-corrected chi connectivity index (χ1v) is 14.1. The van der Waals surface area contributed by atoms with E-state index in [-0.39, 0.29) is 23.2 Å². The van der Waals surface area contributed by atoms with Crippen molar-refractivity contribution in [3.8, 4) is 16.9 Å². The van der Waals surface area contributed by atoms with Crippen LogP contribution in [0.15, 0.2) is 72.9 Å². The Balaban J connectivity index is 1.46. The molecule has 6 rings (SSSR count). The number of nitrogens with two attached hydrogens (primary N) is 1. The highest BCUT2D eigenvalue weighted by Gasteiger charge is 2.33. The molecule has 1 aliphatic heterocycles. The Bertz CT molecular complexity index is 1890. The molecule has 44 heavy (non-hydrogen) atoms. The number of methoxy groups -OCH3 is 1. The Hall–Kier alpha value is -4.90. The standard InChI is InChI=1S/C33H31F3N6O2/c1-41-13-12-22(18-41)42(2)29-11-9-21(33(34,35)36)15-28(29)39-31(43)26-16-25(23-6-4-5-7-24(23)30(26)44-3)19-8-10-27-20(14-19)17-38-32(37)40-27/h4-11,14-17,22H,12-13,18H2,1-3H3,(H,39,43)(H2,37,38,40). The molecule has 0 saturated carbocycles. The zero-order chi connectivity index (χ0) is 31.2. The summed E-state index contributed by atoms with van der Waals surface area (Å²) in [5.74, 6) is -0.111. The lowest BCUT2D eigenvalue weighted by molar-refractivity contribution is -0.137. The van der Waals surface area contributed by atoms with E-state index in [4.69, 9.17) is 10.5 Å². The number of amides is 1.